The molecule has 1 fully saturated rings. The second kappa shape index (κ2) is 4.84. The normalized spacial score (nSPS) is 25.4. The van der Waals surface area contributed by atoms with E-state index in [9.17, 15) is 0 Å². The number of hydrogen-bond donors (Lipinski definition) is 1. The molecule has 0 saturated carbocycles. The molecule has 1 saturated heterocycles. The molecule has 1 unspecified atom stereocenters. The maximum absolute atomic E-state index is 5.93. The van der Waals surface area contributed by atoms with E-state index >= 15 is 0 Å². The van der Waals surface area contributed by atoms with Crippen molar-refractivity contribution in [2.45, 2.75) is 58.9 Å². The van der Waals surface area contributed by atoms with Gasteiger partial charge in [0.1, 0.15) is 0 Å². The van der Waals surface area contributed by atoms with Gasteiger partial charge in [-0.25, -0.2) is 0 Å². The zero-order valence-corrected chi connectivity index (χ0v) is 11.0. The third-order valence-corrected chi connectivity index (χ3v) is 4.90. The van der Waals surface area contributed by atoms with Gasteiger partial charge in [0.05, 0.1) is 0 Å². The second-order valence-electron chi connectivity index (χ2n) is 5.43. The van der Waals surface area contributed by atoms with Crippen LogP contribution in [0.4, 0.5) is 0 Å². The fraction of sp³-hybridized carbons (Fsp3) is 1.00. The monoisotopic (exact) mass is 212 g/mol. The summed E-state index contributed by atoms with van der Waals surface area (Å²) in [6.45, 7) is 12.5. The molecule has 90 valence electrons. The Labute approximate surface area is 95.2 Å². The Bertz CT molecular complexity index is 193. The van der Waals surface area contributed by atoms with Crippen molar-refractivity contribution in [3.8, 4) is 0 Å². The number of nitrogens with two attached hydrogens (primary N) is 1. The van der Waals surface area contributed by atoms with Crippen molar-refractivity contribution >= 4 is 0 Å². The predicted octanol–water partition coefficient (Wildman–Crippen LogP) is 2.63. The summed E-state index contributed by atoms with van der Waals surface area (Å²) in [5.74, 6) is 0. The third-order valence-electron chi connectivity index (χ3n) is 4.90. The van der Waals surface area contributed by atoms with Gasteiger partial charge >= 0.3 is 0 Å². The van der Waals surface area contributed by atoms with Crippen molar-refractivity contribution in [1.29, 1.82) is 0 Å². The van der Waals surface area contributed by atoms with Crippen molar-refractivity contribution in [3.63, 3.8) is 0 Å². The molecule has 1 rings (SSSR count). The zero-order chi connectivity index (χ0) is 11.5. The standard InChI is InChI=1S/C13H28N2/c1-5-12(4,10-14)15-9-8-13(6-2,7-3)11-15/h5-11,14H2,1-4H3. The lowest BCUT2D eigenvalue weighted by atomic mass is 9.81. The van der Waals surface area contributed by atoms with Crippen molar-refractivity contribution in [3.05, 3.63) is 0 Å². The average Bonchev–Trinajstić information content (AvgIpc) is 2.73. The molecule has 0 spiro atoms. The highest BCUT2D eigenvalue weighted by molar-refractivity contribution is 4.96. The highest BCUT2D eigenvalue weighted by Crippen LogP contribution is 2.40. The fourth-order valence-corrected chi connectivity index (χ4v) is 2.72. The van der Waals surface area contributed by atoms with E-state index in [0.29, 0.717) is 5.41 Å². The van der Waals surface area contributed by atoms with E-state index in [-0.39, 0.29) is 5.54 Å². The van der Waals surface area contributed by atoms with E-state index in [4.69, 9.17) is 5.73 Å². The van der Waals surface area contributed by atoms with Crippen LogP contribution in [0.1, 0.15) is 53.4 Å². The number of likely N-dealkylation sites (tertiary alicyclic amines) is 1. The summed E-state index contributed by atoms with van der Waals surface area (Å²) in [7, 11) is 0. The maximum atomic E-state index is 5.93. The molecule has 0 aromatic rings. The largest absolute Gasteiger partial charge is 0.329 e. The molecule has 1 heterocycles. The summed E-state index contributed by atoms with van der Waals surface area (Å²) >= 11 is 0. The Balaban J connectivity index is 2.69. The molecule has 0 radical (unpaired) electrons. The second-order valence-corrected chi connectivity index (χ2v) is 5.43. The predicted molar refractivity (Wildman–Crippen MR) is 67.0 cm³/mol. The molecule has 2 N–H and O–H groups in total. The van der Waals surface area contributed by atoms with Gasteiger partial charge in [-0.05, 0) is 44.6 Å². The lowest BCUT2D eigenvalue weighted by Gasteiger charge is -2.39. The Hall–Kier alpha value is -0.0800. The van der Waals surface area contributed by atoms with Gasteiger partial charge in [0, 0.05) is 18.6 Å². The smallest absolute Gasteiger partial charge is 0.0301 e. The Morgan fingerprint density at radius 2 is 1.87 bits per heavy atom. The van der Waals surface area contributed by atoms with E-state index in [0.717, 1.165) is 13.0 Å². The van der Waals surface area contributed by atoms with Crippen molar-refractivity contribution < 1.29 is 0 Å². The first-order valence-electron chi connectivity index (χ1n) is 6.51. The lowest BCUT2D eigenvalue weighted by molar-refractivity contribution is 0.115. The third kappa shape index (κ3) is 2.36. The first-order chi connectivity index (χ1) is 7.05. The molecule has 1 aliphatic heterocycles. The number of rotatable bonds is 5. The minimum atomic E-state index is 0.228. The van der Waals surface area contributed by atoms with Crippen LogP contribution in [-0.4, -0.2) is 30.1 Å². The van der Waals surface area contributed by atoms with E-state index in [1.807, 2.05) is 0 Å². The highest BCUT2D eigenvalue weighted by atomic mass is 15.2. The summed E-state index contributed by atoms with van der Waals surface area (Å²) in [5, 5.41) is 0. The van der Waals surface area contributed by atoms with E-state index in [1.165, 1.54) is 32.4 Å². The molecule has 2 heteroatoms. The van der Waals surface area contributed by atoms with Gasteiger partial charge in [-0.2, -0.15) is 0 Å². The van der Waals surface area contributed by atoms with Gasteiger partial charge in [0.2, 0.25) is 0 Å². The maximum Gasteiger partial charge on any atom is 0.0301 e. The van der Waals surface area contributed by atoms with Crippen LogP contribution in [0, 0.1) is 5.41 Å². The Kier molecular flexibility index (Phi) is 4.19. The van der Waals surface area contributed by atoms with Gasteiger partial charge in [0.25, 0.3) is 0 Å². The summed E-state index contributed by atoms with van der Waals surface area (Å²) in [5.41, 5.74) is 6.73. The van der Waals surface area contributed by atoms with Crippen molar-refractivity contribution in [2.24, 2.45) is 11.1 Å². The van der Waals surface area contributed by atoms with Crippen LogP contribution >= 0.6 is 0 Å². The van der Waals surface area contributed by atoms with Gasteiger partial charge in [-0.15, -0.1) is 0 Å². The fourth-order valence-electron chi connectivity index (χ4n) is 2.72. The van der Waals surface area contributed by atoms with Gasteiger partial charge in [-0.3, -0.25) is 4.90 Å². The van der Waals surface area contributed by atoms with E-state index in [1.54, 1.807) is 0 Å². The van der Waals surface area contributed by atoms with Crippen LogP contribution in [0.5, 0.6) is 0 Å². The molecule has 15 heavy (non-hydrogen) atoms. The van der Waals surface area contributed by atoms with Crippen LogP contribution < -0.4 is 5.73 Å². The summed E-state index contributed by atoms with van der Waals surface area (Å²) < 4.78 is 0. The Morgan fingerprint density at radius 1 is 1.27 bits per heavy atom. The number of hydrogen-bond acceptors (Lipinski definition) is 2. The molecule has 1 aliphatic rings. The van der Waals surface area contributed by atoms with Crippen LogP contribution in [0.15, 0.2) is 0 Å². The zero-order valence-electron chi connectivity index (χ0n) is 11.0. The van der Waals surface area contributed by atoms with E-state index in [2.05, 4.69) is 32.6 Å². The van der Waals surface area contributed by atoms with Crippen LogP contribution in [0.25, 0.3) is 0 Å². The molecular formula is C13H28N2. The molecule has 1 atom stereocenters. The molecule has 0 amide bonds. The summed E-state index contributed by atoms with van der Waals surface area (Å²) in [6, 6.07) is 0. The topological polar surface area (TPSA) is 29.3 Å². The van der Waals surface area contributed by atoms with Crippen LogP contribution in [0.3, 0.4) is 0 Å². The molecule has 0 aliphatic carbocycles. The first kappa shape index (κ1) is 13.0. The van der Waals surface area contributed by atoms with Gasteiger partial charge in [-0.1, -0.05) is 20.8 Å². The molecule has 0 aromatic carbocycles. The highest BCUT2D eigenvalue weighted by Gasteiger charge is 2.41. The first-order valence-corrected chi connectivity index (χ1v) is 6.51. The Morgan fingerprint density at radius 3 is 2.20 bits per heavy atom. The van der Waals surface area contributed by atoms with E-state index < -0.39 is 0 Å². The lowest BCUT2D eigenvalue weighted by Crippen LogP contribution is -2.50. The minimum absolute atomic E-state index is 0.228. The minimum Gasteiger partial charge on any atom is -0.329 e. The number of nitrogens with zero attached hydrogens (tertiary/aromatic N) is 1. The van der Waals surface area contributed by atoms with Crippen LogP contribution in [-0.2, 0) is 0 Å². The average molecular weight is 212 g/mol. The van der Waals surface area contributed by atoms with Gasteiger partial charge < -0.3 is 5.73 Å². The summed E-state index contributed by atoms with van der Waals surface area (Å²) in [6.07, 6.45) is 5.14. The quantitative estimate of drug-likeness (QED) is 0.759. The van der Waals surface area contributed by atoms with Crippen molar-refractivity contribution in [2.75, 3.05) is 19.6 Å². The summed E-state index contributed by atoms with van der Waals surface area (Å²) in [4.78, 5) is 2.62. The van der Waals surface area contributed by atoms with Crippen LogP contribution in [0.2, 0.25) is 0 Å². The van der Waals surface area contributed by atoms with Gasteiger partial charge in [0.15, 0.2) is 0 Å². The molecule has 0 bridgehead atoms. The van der Waals surface area contributed by atoms with Crippen molar-refractivity contribution in [1.82, 2.24) is 4.90 Å². The molecule has 0 aromatic heterocycles. The molecule has 2 nitrogen and oxygen atoms in total. The SMILES string of the molecule is CCC1(CC)CCN(C(C)(CC)CN)C1. The molecular weight excluding hydrogens is 184 g/mol.